The summed E-state index contributed by atoms with van der Waals surface area (Å²) in [6, 6.07) is 0. The average molecular weight is 197 g/mol. The Kier molecular flexibility index (Phi) is 4.45. The van der Waals surface area contributed by atoms with Crippen LogP contribution in [0.3, 0.4) is 0 Å². The van der Waals surface area contributed by atoms with Crippen molar-refractivity contribution in [3.63, 3.8) is 0 Å². The normalized spacial score (nSPS) is 12.8. The summed E-state index contributed by atoms with van der Waals surface area (Å²) in [5.41, 5.74) is 1.70. The Bertz CT molecular complexity index is 263. The minimum atomic E-state index is -0.714. The Balaban J connectivity index is 2.28. The van der Waals surface area contributed by atoms with Gasteiger partial charge in [0.05, 0.1) is 24.1 Å². The van der Waals surface area contributed by atoms with Crippen LogP contribution in [0.5, 0.6) is 0 Å². The fourth-order valence-corrected chi connectivity index (χ4v) is 0.942. The Morgan fingerprint density at radius 3 is 2.79 bits per heavy atom. The summed E-state index contributed by atoms with van der Waals surface area (Å²) in [7, 11) is 0. The smallest absolute Gasteiger partial charge is 0.0895 e. The molecular weight excluding hydrogens is 182 g/mol. The predicted octanol–water partition coefficient (Wildman–Crippen LogP) is -0.772. The molecule has 0 aromatic carbocycles. The second-order valence-corrected chi connectivity index (χ2v) is 3.12. The molecule has 0 unspecified atom stereocenters. The topological polar surface area (TPSA) is 78.3 Å². The molecule has 3 N–H and O–H groups in total. The molecule has 14 heavy (non-hydrogen) atoms. The fraction of sp³-hybridized carbons (Fsp3) is 0.556. The molecule has 1 aromatic rings. The van der Waals surface area contributed by atoms with Crippen LogP contribution in [-0.4, -0.2) is 39.4 Å². The van der Waals surface area contributed by atoms with E-state index in [1.165, 1.54) is 0 Å². The van der Waals surface area contributed by atoms with Gasteiger partial charge < -0.3 is 15.5 Å². The van der Waals surface area contributed by atoms with E-state index < -0.39 is 6.10 Å². The molecule has 1 aromatic heterocycles. The maximum atomic E-state index is 9.03. The van der Waals surface area contributed by atoms with Gasteiger partial charge in [-0.2, -0.15) is 0 Å². The lowest BCUT2D eigenvalue weighted by Crippen LogP contribution is -2.29. The molecule has 0 bridgehead atoms. The van der Waals surface area contributed by atoms with Crippen molar-refractivity contribution in [2.75, 3.05) is 13.2 Å². The molecule has 0 aliphatic carbocycles. The monoisotopic (exact) mass is 197 g/mol. The molecule has 0 saturated carbocycles. The zero-order chi connectivity index (χ0) is 10.4. The van der Waals surface area contributed by atoms with Crippen LogP contribution in [0.25, 0.3) is 0 Å². The standard InChI is InChI=1S/C9H15N3O2/c1-7-2-12-8(4-11-7)3-10-5-9(14)6-13/h2,4,9-10,13-14H,3,5-6H2,1H3/t9-/m0/s1. The third kappa shape index (κ3) is 3.78. The first kappa shape index (κ1) is 11.0. The van der Waals surface area contributed by atoms with Crippen LogP contribution in [0.1, 0.15) is 11.4 Å². The van der Waals surface area contributed by atoms with Gasteiger partial charge in [-0.05, 0) is 6.92 Å². The van der Waals surface area contributed by atoms with E-state index in [9.17, 15) is 0 Å². The van der Waals surface area contributed by atoms with Crippen LogP contribution in [0, 0.1) is 6.92 Å². The number of nitrogens with one attached hydrogen (secondary N) is 1. The highest BCUT2D eigenvalue weighted by atomic mass is 16.3. The molecule has 78 valence electrons. The molecule has 0 aliphatic heterocycles. The summed E-state index contributed by atoms with van der Waals surface area (Å²) >= 11 is 0. The van der Waals surface area contributed by atoms with Crippen LogP contribution in [-0.2, 0) is 6.54 Å². The number of aliphatic hydroxyl groups is 2. The lowest BCUT2D eigenvalue weighted by atomic mass is 10.3. The minimum Gasteiger partial charge on any atom is -0.394 e. The minimum absolute atomic E-state index is 0.230. The largest absolute Gasteiger partial charge is 0.394 e. The van der Waals surface area contributed by atoms with Crippen molar-refractivity contribution in [1.82, 2.24) is 15.3 Å². The first-order valence-corrected chi connectivity index (χ1v) is 4.49. The molecule has 0 amide bonds. The molecular formula is C9H15N3O2. The highest BCUT2D eigenvalue weighted by Gasteiger charge is 2.01. The van der Waals surface area contributed by atoms with Gasteiger partial charge in [0.2, 0.25) is 0 Å². The number of aryl methyl sites for hydroxylation is 1. The van der Waals surface area contributed by atoms with Crippen molar-refractivity contribution in [3.8, 4) is 0 Å². The number of hydrogen-bond acceptors (Lipinski definition) is 5. The first-order valence-electron chi connectivity index (χ1n) is 4.49. The summed E-state index contributed by atoms with van der Waals surface area (Å²) in [4.78, 5) is 8.21. The van der Waals surface area contributed by atoms with Gasteiger partial charge in [0.25, 0.3) is 0 Å². The molecule has 0 saturated heterocycles. The molecule has 1 rings (SSSR count). The summed E-state index contributed by atoms with van der Waals surface area (Å²) in [6.07, 6.45) is 2.67. The Morgan fingerprint density at radius 1 is 1.43 bits per heavy atom. The summed E-state index contributed by atoms with van der Waals surface area (Å²) in [5, 5.41) is 20.5. The van der Waals surface area contributed by atoms with Crippen molar-refractivity contribution in [3.05, 3.63) is 23.8 Å². The second kappa shape index (κ2) is 5.64. The van der Waals surface area contributed by atoms with E-state index in [1.54, 1.807) is 12.4 Å². The third-order valence-electron chi connectivity index (χ3n) is 1.73. The summed E-state index contributed by atoms with van der Waals surface area (Å²) in [6.45, 7) is 2.54. The van der Waals surface area contributed by atoms with Gasteiger partial charge in [-0.1, -0.05) is 0 Å². The van der Waals surface area contributed by atoms with E-state index in [1.807, 2.05) is 6.92 Å². The van der Waals surface area contributed by atoms with Crippen LogP contribution in [0.4, 0.5) is 0 Å². The predicted molar refractivity (Wildman–Crippen MR) is 51.6 cm³/mol. The number of aromatic nitrogens is 2. The highest BCUT2D eigenvalue weighted by Crippen LogP contribution is 1.93. The second-order valence-electron chi connectivity index (χ2n) is 3.12. The van der Waals surface area contributed by atoms with Crippen LogP contribution in [0.2, 0.25) is 0 Å². The third-order valence-corrected chi connectivity index (χ3v) is 1.73. The van der Waals surface area contributed by atoms with Gasteiger partial charge in [0.15, 0.2) is 0 Å². The number of rotatable bonds is 5. The quantitative estimate of drug-likeness (QED) is 0.577. The highest BCUT2D eigenvalue weighted by molar-refractivity contribution is 5.00. The van der Waals surface area contributed by atoms with E-state index in [0.29, 0.717) is 13.1 Å². The lowest BCUT2D eigenvalue weighted by Gasteiger charge is -2.07. The van der Waals surface area contributed by atoms with Crippen LogP contribution in [0.15, 0.2) is 12.4 Å². The number of aliphatic hydroxyl groups excluding tert-OH is 2. The molecule has 0 aliphatic rings. The fourth-order valence-electron chi connectivity index (χ4n) is 0.942. The van der Waals surface area contributed by atoms with Crippen LogP contribution < -0.4 is 5.32 Å². The maximum Gasteiger partial charge on any atom is 0.0895 e. The average Bonchev–Trinajstić information content (AvgIpc) is 2.21. The first-order chi connectivity index (χ1) is 6.72. The van der Waals surface area contributed by atoms with Crippen molar-refractivity contribution in [2.24, 2.45) is 0 Å². The Labute approximate surface area is 82.8 Å². The molecule has 0 spiro atoms. The van der Waals surface area contributed by atoms with E-state index in [0.717, 1.165) is 11.4 Å². The van der Waals surface area contributed by atoms with E-state index in [-0.39, 0.29) is 6.61 Å². The molecule has 0 radical (unpaired) electrons. The summed E-state index contributed by atoms with van der Waals surface area (Å²) in [5.74, 6) is 0. The van der Waals surface area contributed by atoms with Gasteiger partial charge in [-0.3, -0.25) is 9.97 Å². The molecule has 1 atom stereocenters. The SMILES string of the molecule is Cc1cnc(CNC[C@H](O)CO)cn1. The van der Waals surface area contributed by atoms with E-state index in [4.69, 9.17) is 10.2 Å². The van der Waals surface area contributed by atoms with Crippen LogP contribution >= 0.6 is 0 Å². The zero-order valence-electron chi connectivity index (χ0n) is 8.14. The molecule has 1 heterocycles. The Hall–Kier alpha value is -1.04. The van der Waals surface area contributed by atoms with Gasteiger partial charge in [0.1, 0.15) is 0 Å². The van der Waals surface area contributed by atoms with Crippen molar-refractivity contribution in [2.45, 2.75) is 19.6 Å². The number of hydrogen-bond donors (Lipinski definition) is 3. The van der Waals surface area contributed by atoms with E-state index >= 15 is 0 Å². The van der Waals surface area contributed by atoms with Gasteiger partial charge in [0, 0.05) is 25.5 Å². The maximum absolute atomic E-state index is 9.03. The van der Waals surface area contributed by atoms with Gasteiger partial charge in [-0.25, -0.2) is 0 Å². The van der Waals surface area contributed by atoms with Crippen molar-refractivity contribution < 1.29 is 10.2 Å². The van der Waals surface area contributed by atoms with Crippen molar-refractivity contribution >= 4 is 0 Å². The molecule has 5 nitrogen and oxygen atoms in total. The lowest BCUT2D eigenvalue weighted by molar-refractivity contribution is 0.0941. The van der Waals surface area contributed by atoms with Gasteiger partial charge in [-0.15, -0.1) is 0 Å². The van der Waals surface area contributed by atoms with Crippen molar-refractivity contribution in [1.29, 1.82) is 0 Å². The summed E-state index contributed by atoms with van der Waals surface area (Å²) < 4.78 is 0. The van der Waals surface area contributed by atoms with E-state index in [2.05, 4.69) is 15.3 Å². The molecule has 0 fully saturated rings. The van der Waals surface area contributed by atoms with Gasteiger partial charge >= 0.3 is 0 Å². The zero-order valence-corrected chi connectivity index (χ0v) is 8.14. The number of nitrogens with zero attached hydrogens (tertiary/aromatic N) is 2. The molecule has 5 heteroatoms. The Morgan fingerprint density at radius 2 is 2.21 bits per heavy atom.